The molecule has 0 heterocycles. The first-order valence-electron chi connectivity index (χ1n) is 6.87. The van der Waals surface area contributed by atoms with E-state index in [9.17, 15) is 8.22 Å². The van der Waals surface area contributed by atoms with Gasteiger partial charge in [-0.3, -0.25) is 8.22 Å². The summed E-state index contributed by atoms with van der Waals surface area (Å²) < 4.78 is 26.2. The maximum absolute atomic E-state index is 13.1. The number of benzene rings is 1. The zero-order chi connectivity index (χ0) is 15.0. The van der Waals surface area contributed by atoms with Gasteiger partial charge in [-0.25, -0.2) is 0 Å². The first kappa shape index (κ1) is 16.4. The SMILES string of the molecule is CC(c1cc(C(C)(C)C)cc(C(C)(C)C)c1)[SiH](F)F. The van der Waals surface area contributed by atoms with Gasteiger partial charge in [-0.15, -0.1) is 0 Å². The number of hydrogen-bond donors (Lipinski definition) is 0. The predicted octanol–water partition coefficient (Wildman–Crippen LogP) is 5.08. The van der Waals surface area contributed by atoms with E-state index >= 15 is 0 Å². The fourth-order valence-electron chi connectivity index (χ4n) is 1.93. The lowest BCUT2D eigenvalue weighted by molar-refractivity contribution is 0.564. The van der Waals surface area contributed by atoms with Gasteiger partial charge in [0.1, 0.15) is 0 Å². The Labute approximate surface area is 118 Å². The third-order valence-corrected chi connectivity index (χ3v) is 4.73. The summed E-state index contributed by atoms with van der Waals surface area (Å²) >= 11 is 0. The van der Waals surface area contributed by atoms with Crippen molar-refractivity contribution in [1.29, 1.82) is 0 Å². The lowest BCUT2D eigenvalue weighted by Gasteiger charge is -2.27. The summed E-state index contributed by atoms with van der Waals surface area (Å²) in [6.45, 7) is 14.4. The van der Waals surface area contributed by atoms with Crippen molar-refractivity contribution in [3.05, 3.63) is 34.9 Å². The maximum atomic E-state index is 13.1. The first-order chi connectivity index (χ1) is 8.43. The summed E-state index contributed by atoms with van der Waals surface area (Å²) in [6.07, 6.45) is 0. The van der Waals surface area contributed by atoms with Crippen LogP contribution in [0.15, 0.2) is 18.2 Å². The second-order valence-electron chi connectivity index (χ2n) is 7.47. The lowest BCUT2D eigenvalue weighted by atomic mass is 9.79. The topological polar surface area (TPSA) is 0 Å². The fourth-order valence-corrected chi connectivity index (χ4v) is 2.41. The predicted molar refractivity (Wildman–Crippen MR) is 81.6 cm³/mol. The van der Waals surface area contributed by atoms with E-state index in [1.807, 2.05) is 12.1 Å². The number of halogens is 2. The van der Waals surface area contributed by atoms with Crippen LogP contribution in [0.1, 0.15) is 70.7 Å². The molecule has 0 saturated carbocycles. The quantitative estimate of drug-likeness (QED) is 0.524. The second kappa shape index (κ2) is 5.35. The zero-order valence-corrected chi connectivity index (χ0v) is 14.3. The van der Waals surface area contributed by atoms with E-state index in [0.717, 1.165) is 16.7 Å². The molecular weight excluding hydrogens is 258 g/mol. The summed E-state index contributed by atoms with van der Waals surface area (Å²) in [6, 6.07) is 6.11. The zero-order valence-electron chi connectivity index (χ0n) is 13.1. The number of rotatable bonds is 2. The third-order valence-electron chi connectivity index (χ3n) is 3.59. The van der Waals surface area contributed by atoms with Crippen LogP contribution < -0.4 is 0 Å². The molecule has 0 bridgehead atoms. The van der Waals surface area contributed by atoms with E-state index in [-0.39, 0.29) is 10.8 Å². The molecule has 1 aromatic carbocycles. The Kier molecular flexibility index (Phi) is 4.61. The van der Waals surface area contributed by atoms with Gasteiger partial charge in [0.15, 0.2) is 0 Å². The van der Waals surface area contributed by atoms with E-state index in [2.05, 4.69) is 47.6 Å². The Morgan fingerprint density at radius 1 is 0.842 bits per heavy atom. The molecule has 0 aliphatic carbocycles. The van der Waals surface area contributed by atoms with E-state index < -0.39 is 15.0 Å². The van der Waals surface area contributed by atoms with Crippen molar-refractivity contribution in [3.63, 3.8) is 0 Å². The van der Waals surface area contributed by atoms with Crippen molar-refractivity contribution in [2.24, 2.45) is 0 Å². The molecule has 0 radical (unpaired) electrons. The largest absolute Gasteiger partial charge is 0.418 e. The summed E-state index contributed by atoms with van der Waals surface area (Å²) in [5, 5.41) is 0. The number of hydrogen-bond acceptors (Lipinski definition) is 0. The van der Waals surface area contributed by atoms with Gasteiger partial charge in [0.05, 0.1) is 0 Å². The van der Waals surface area contributed by atoms with Crippen LogP contribution in [0, 0.1) is 0 Å². The van der Waals surface area contributed by atoms with Crippen LogP contribution in [0.2, 0.25) is 0 Å². The van der Waals surface area contributed by atoms with E-state index in [1.54, 1.807) is 6.92 Å². The van der Waals surface area contributed by atoms with Crippen LogP contribution in [0.4, 0.5) is 8.22 Å². The Morgan fingerprint density at radius 3 is 1.47 bits per heavy atom. The molecule has 0 N–H and O–H groups in total. The highest BCUT2D eigenvalue weighted by molar-refractivity contribution is 6.44. The van der Waals surface area contributed by atoms with E-state index in [1.165, 1.54) is 0 Å². The smallest absolute Gasteiger partial charge is 0.274 e. The molecule has 1 rings (SSSR count). The van der Waals surface area contributed by atoms with Gasteiger partial charge in [0.2, 0.25) is 0 Å². The molecule has 0 aliphatic heterocycles. The van der Waals surface area contributed by atoms with Crippen LogP contribution in [-0.4, -0.2) is 9.46 Å². The van der Waals surface area contributed by atoms with E-state index in [0.29, 0.717) is 0 Å². The lowest BCUT2D eigenvalue weighted by Crippen LogP contribution is -2.19. The van der Waals surface area contributed by atoms with Crippen LogP contribution in [0.3, 0.4) is 0 Å². The van der Waals surface area contributed by atoms with Gasteiger partial charge in [-0.1, -0.05) is 66.7 Å². The molecule has 108 valence electrons. The molecule has 0 saturated heterocycles. The second-order valence-corrected chi connectivity index (χ2v) is 9.14. The molecule has 0 aliphatic rings. The van der Waals surface area contributed by atoms with Crippen LogP contribution >= 0.6 is 0 Å². The Balaban J connectivity index is 3.41. The minimum absolute atomic E-state index is 0.0145. The average molecular weight is 284 g/mol. The highest BCUT2D eigenvalue weighted by Crippen LogP contribution is 2.33. The molecule has 19 heavy (non-hydrogen) atoms. The van der Waals surface area contributed by atoms with Crippen molar-refractivity contribution in [3.8, 4) is 0 Å². The summed E-state index contributed by atoms with van der Waals surface area (Å²) in [5.74, 6) is 0. The molecule has 0 fully saturated rings. The molecule has 1 atom stereocenters. The van der Waals surface area contributed by atoms with Crippen molar-refractivity contribution in [1.82, 2.24) is 0 Å². The monoisotopic (exact) mass is 284 g/mol. The van der Waals surface area contributed by atoms with Crippen LogP contribution in [0.25, 0.3) is 0 Å². The average Bonchev–Trinajstić information content (AvgIpc) is 2.24. The summed E-state index contributed by atoms with van der Waals surface area (Å²) in [7, 11) is -3.64. The first-order valence-corrected chi connectivity index (χ1v) is 8.41. The van der Waals surface area contributed by atoms with Gasteiger partial charge in [0.25, 0.3) is 0 Å². The fraction of sp³-hybridized carbons (Fsp3) is 0.625. The molecule has 0 aromatic heterocycles. The maximum Gasteiger partial charge on any atom is 0.418 e. The molecular formula is C16H26F2Si. The normalized spacial score (nSPS) is 14.8. The van der Waals surface area contributed by atoms with Gasteiger partial charge >= 0.3 is 9.46 Å². The van der Waals surface area contributed by atoms with Crippen LogP contribution in [0.5, 0.6) is 0 Å². The minimum atomic E-state index is -3.64. The summed E-state index contributed by atoms with van der Waals surface area (Å²) in [4.78, 5) is 0. The summed E-state index contributed by atoms with van der Waals surface area (Å²) in [5.41, 5.74) is 2.49. The molecule has 0 amide bonds. The standard InChI is InChI=1S/C16H26F2Si/c1-11(19(17)18)12-8-13(15(2,3)4)10-14(9-12)16(5,6)7/h8-11,19H,1-7H3. The Hall–Kier alpha value is -0.703. The van der Waals surface area contributed by atoms with Crippen molar-refractivity contribution < 1.29 is 8.22 Å². The van der Waals surface area contributed by atoms with Gasteiger partial charge in [-0.2, -0.15) is 0 Å². The van der Waals surface area contributed by atoms with Crippen molar-refractivity contribution in [2.75, 3.05) is 0 Å². The molecule has 1 aromatic rings. The van der Waals surface area contributed by atoms with Gasteiger partial charge < -0.3 is 0 Å². The molecule has 0 nitrogen and oxygen atoms in total. The Morgan fingerprint density at radius 2 is 1.21 bits per heavy atom. The van der Waals surface area contributed by atoms with Crippen molar-refractivity contribution in [2.45, 2.75) is 64.8 Å². The molecule has 1 unspecified atom stereocenters. The minimum Gasteiger partial charge on any atom is -0.274 e. The molecule has 0 spiro atoms. The van der Waals surface area contributed by atoms with E-state index in [4.69, 9.17) is 0 Å². The van der Waals surface area contributed by atoms with Gasteiger partial charge in [-0.05, 0) is 27.5 Å². The highest BCUT2D eigenvalue weighted by Gasteiger charge is 2.26. The van der Waals surface area contributed by atoms with Gasteiger partial charge in [0, 0.05) is 5.54 Å². The van der Waals surface area contributed by atoms with Crippen LogP contribution in [-0.2, 0) is 10.8 Å². The Bertz CT molecular complexity index is 407. The third kappa shape index (κ3) is 4.13. The van der Waals surface area contributed by atoms with Crippen molar-refractivity contribution >= 4 is 9.46 Å². The highest BCUT2D eigenvalue weighted by atomic mass is 28.4. The molecule has 3 heteroatoms.